The molecule has 2 amide bonds. The largest absolute Gasteiger partial charge is 0.446 e. The third-order valence-corrected chi connectivity index (χ3v) is 5.82. The number of H-pyrrole nitrogens is 1. The number of aromatic nitrogens is 3. The fraction of sp³-hybridized carbons (Fsp3) is 0.600. The van der Waals surface area contributed by atoms with Crippen LogP contribution in [0.3, 0.4) is 0 Å². The number of nitrogens with one attached hydrogen (secondary N) is 2. The molecule has 1 aliphatic heterocycles. The average molecular weight is 401 g/mol. The molecule has 1 saturated heterocycles. The number of likely N-dealkylation sites (tertiary alicyclic amines) is 1. The molecule has 0 radical (unpaired) electrons. The van der Waals surface area contributed by atoms with E-state index in [4.69, 9.17) is 9.26 Å². The highest BCUT2D eigenvalue weighted by molar-refractivity contribution is 5.91. The lowest BCUT2D eigenvalue weighted by atomic mass is 10.0. The van der Waals surface area contributed by atoms with Crippen LogP contribution < -0.4 is 5.32 Å². The van der Waals surface area contributed by atoms with Crippen molar-refractivity contribution in [3.05, 3.63) is 29.3 Å². The van der Waals surface area contributed by atoms with Crippen LogP contribution in [0, 0.1) is 6.92 Å². The van der Waals surface area contributed by atoms with E-state index in [1.807, 2.05) is 17.9 Å². The van der Waals surface area contributed by atoms with E-state index in [0.29, 0.717) is 17.6 Å². The first-order valence-corrected chi connectivity index (χ1v) is 10.3. The Morgan fingerprint density at radius 2 is 2.21 bits per heavy atom. The number of nitrogens with zero attached hydrogens (tertiary/aromatic N) is 3. The number of aromatic amines is 1. The summed E-state index contributed by atoms with van der Waals surface area (Å²) in [6.45, 7) is 4.70. The lowest BCUT2D eigenvalue weighted by Crippen LogP contribution is -2.51. The monoisotopic (exact) mass is 401 g/mol. The Bertz CT molecular complexity index is 874. The van der Waals surface area contributed by atoms with E-state index in [1.165, 1.54) is 0 Å². The molecule has 0 spiro atoms. The highest BCUT2D eigenvalue weighted by Gasteiger charge is 2.35. The van der Waals surface area contributed by atoms with Gasteiger partial charge in [-0.25, -0.2) is 4.79 Å². The molecule has 9 nitrogen and oxygen atoms in total. The molecule has 2 aromatic rings. The van der Waals surface area contributed by atoms with Gasteiger partial charge in [0.15, 0.2) is 5.82 Å². The number of hydrogen-bond donors (Lipinski definition) is 2. The lowest BCUT2D eigenvalue weighted by molar-refractivity contribution is -0.115. The zero-order valence-electron chi connectivity index (χ0n) is 16.8. The minimum absolute atomic E-state index is 0.0679. The Kier molecular flexibility index (Phi) is 5.55. The molecule has 156 valence electrons. The number of carbonyl (C=O) groups is 2. The van der Waals surface area contributed by atoms with Gasteiger partial charge in [-0.05, 0) is 39.0 Å². The van der Waals surface area contributed by atoms with Crippen LogP contribution in [0.25, 0.3) is 0 Å². The molecule has 0 bridgehead atoms. The van der Waals surface area contributed by atoms with Crippen molar-refractivity contribution >= 4 is 17.8 Å². The first-order valence-electron chi connectivity index (χ1n) is 10.3. The smallest absolute Gasteiger partial charge is 0.410 e. The van der Waals surface area contributed by atoms with Crippen molar-refractivity contribution in [3.8, 4) is 0 Å². The van der Waals surface area contributed by atoms with Gasteiger partial charge in [-0.2, -0.15) is 5.10 Å². The van der Waals surface area contributed by atoms with Crippen molar-refractivity contribution in [1.29, 1.82) is 0 Å². The summed E-state index contributed by atoms with van der Waals surface area (Å²) in [6, 6.07) is 3.92. The molecule has 0 aromatic carbocycles. The Morgan fingerprint density at radius 1 is 1.34 bits per heavy atom. The molecular formula is C20H27N5O4. The molecule has 1 aliphatic carbocycles. The van der Waals surface area contributed by atoms with E-state index in [9.17, 15) is 9.59 Å². The van der Waals surface area contributed by atoms with Gasteiger partial charge in [0, 0.05) is 36.3 Å². The van der Waals surface area contributed by atoms with Crippen LogP contribution in [0.15, 0.2) is 16.7 Å². The van der Waals surface area contributed by atoms with Crippen molar-refractivity contribution in [2.24, 2.45) is 0 Å². The van der Waals surface area contributed by atoms with E-state index in [0.717, 1.165) is 50.0 Å². The second kappa shape index (κ2) is 8.26. The van der Waals surface area contributed by atoms with E-state index in [1.54, 1.807) is 6.07 Å². The number of hydrogen-bond acceptors (Lipinski definition) is 6. The summed E-state index contributed by atoms with van der Waals surface area (Å²) >= 11 is 0. The molecule has 2 N–H and O–H groups in total. The maximum absolute atomic E-state index is 12.3. The number of rotatable bonds is 6. The number of ether oxygens (including phenoxy) is 1. The average Bonchev–Trinajstić information content (AvgIpc) is 3.36. The van der Waals surface area contributed by atoms with Crippen molar-refractivity contribution in [2.75, 3.05) is 11.9 Å². The van der Waals surface area contributed by atoms with Gasteiger partial charge in [0.05, 0.1) is 12.1 Å². The highest BCUT2D eigenvalue weighted by Crippen LogP contribution is 2.36. The van der Waals surface area contributed by atoms with E-state index in [2.05, 4.69) is 27.6 Å². The van der Waals surface area contributed by atoms with Crippen molar-refractivity contribution in [1.82, 2.24) is 20.3 Å². The number of amides is 2. The third-order valence-electron chi connectivity index (χ3n) is 5.82. The maximum atomic E-state index is 12.3. The number of carbonyl (C=O) groups excluding carboxylic acids is 2. The summed E-state index contributed by atoms with van der Waals surface area (Å²) in [7, 11) is 0. The highest BCUT2D eigenvalue weighted by atomic mass is 16.6. The summed E-state index contributed by atoms with van der Waals surface area (Å²) in [4.78, 5) is 26.3. The van der Waals surface area contributed by atoms with Gasteiger partial charge in [-0.3, -0.25) is 9.89 Å². The van der Waals surface area contributed by atoms with Crippen molar-refractivity contribution in [2.45, 2.75) is 70.4 Å². The molecule has 3 atom stereocenters. The summed E-state index contributed by atoms with van der Waals surface area (Å²) in [5.41, 5.74) is 1.69. The molecule has 3 heterocycles. The zero-order valence-corrected chi connectivity index (χ0v) is 16.8. The molecule has 9 heteroatoms. The normalized spacial score (nSPS) is 23.7. The van der Waals surface area contributed by atoms with Crippen LogP contribution in [-0.2, 0) is 16.0 Å². The Hall–Kier alpha value is -2.84. The fourth-order valence-corrected chi connectivity index (χ4v) is 4.10. The van der Waals surface area contributed by atoms with Gasteiger partial charge >= 0.3 is 6.09 Å². The Balaban J connectivity index is 1.26. The molecule has 2 fully saturated rings. The SMILES string of the molecule is CCC1CCN1C(=O)O[C@@H]1CC[C@H](c2cc(NC(=O)Cc3cc(C)no3)n[nH]2)C1. The molecule has 2 aliphatic rings. The molecular weight excluding hydrogens is 374 g/mol. The number of anilines is 1. The van der Waals surface area contributed by atoms with Crippen molar-refractivity contribution < 1.29 is 18.8 Å². The van der Waals surface area contributed by atoms with Gasteiger partial charge < -0.3 is 19.5 Å². The minimum atomic E-state index is -0.211. The van der Waals surface area contributed by atoms with Gasteiger partial charge in [0.25, 0.3) is 0 Å². The van der Waals surface area contributed by atoms with Crippen LogP contribution in [-0.4, -0.2) is 50.9 Å². The van der Waals surface area contributed by atoms with E-state index >= 15 is 0 Å². The maximum Gasteiger partial charge on any atom is 0.410 e. The predicted molar refractivity (Wildman–Crippen MR) is 104 cm³/mol. The second-order valence-corrected chi connectivity index (χ2v) is 7.93. The molecule has 1 saturated carbocycles. The first-order chi connectivity index (χ1) is 14.0. The molecule has 1 unspecified atom stereocenters. The summed E-state index contributed by atoms with van der Waals surface area (Å²) in [6.07, 6.45) is 4.42. The van der Waals surface area contributed by atoms with Crippen LogP contribution in [0.1, 0.15) is 62.1 Å². The standard InChI is InChI=1S/C20H27N5O4/c1-3-14-6-7-25(14)20(27)28-15-5-4-13(9-15)17-11-18(23-22-17)21-19(26)10-16-8-12(2)24-29-16/h8,11,13-15H,3-7,9-10H2,1-2H3,(H2,21,22,23,26)/t13-,14?,15+/m0/s1. The van der Waals surface area contributed by atoms with Gasteiger partial charge in [0.1, 0.15) is 11.9 Å². The molecule has 29 heavy (non-hydrogen) atoms. The third kappa shape index (κ3) is 4.44. The summed E-state index contributed by atoms with van der Waals surface area (Å²) < 4.78 is 10.8. The minimum Gasteiger partial charge on any atom is -0.446 e. The Morgan fingerprint density at radius 3 is 2.90 bits per heavy atom. The van der Waals surface area contributed by atoms with Gasteiger partial charge in [0.2, 0.25) is 5.91 Å². The van der Waals surface area contributed by atoms with E-state index < -0.39 is 0 Å². The quantitative estimate of drug-likeness (QED) is 0.769. The number of aryl methyl sites for hydroxylation is 1. The zero-order chi connectivity index (χ0) is 20.4. The summed E-state index contributed by atoms with van der Waals surface area (Å²) in [5.74, 6) is 1.02. The van der Waals surface area contributed by atoms with Crippen LogP contribution in [0.5, 0.6) is 0 Å². The predicted octanol–water partition coefficient (Wildman–Crippen LogP) is 3.14. The van der Waals surface area contributed by atoms with E-state index in [-0.39, 0.29) is 30.4 Å². The van der Waals surface area contributed by atoms with Gasteiger partial charge in [-0.1, -0.05) is 12.1 Å². The lowest BCUT2D eigenvalue weighted by Gasteiger charge is -2.40. The topological polar surface area (TPSA) is 113 Å². The molecule has 4 rings (SSSR count). The second-order valence-electron chi connectivity index (χ2n) is 7.93. The van der Waals surface area contributed by atoms with Crippen LogP contribution in [0.4, 0.5) is 10.6 Å². The Labute approximate surface area is 169 Å². The van der Waals surface area contributed by atoms with Gasteiger partial charge in [-0.15, -0.1) is 0 Å². The fourth-order valence-electron chi connectivity index (χ4n) is 4.10. The van der Waals surface area contributed by atoms with Crippen molar-refractivity contribution in [3.63, 3.8) is 0 Å². The first kappa shape index (κ1) is 19.5. The van der Waals surface area contributed by atoms with Crippen LogP contribution in [0.2, 0.25) is 0 Å². The summed E-state index contributed by atoms with van der Waals surface area (Å²) in [5, 5.41) is 13.7. The van der Waals surface area contributed by atoms with Crippen LogP contribution >= 0.6 is 0 Å². The molecule has 2 aromatic heterocycles.